The number of aromatic nitrogens is 2. The Morgan fingerprint density at radius 1 is 1.00 bits per heavy atom. The number of amides is 1. The first-order chi connectivity index (χ1) is 13.8. The summed E-state index contributed by atoms with van der Waals surface area (Å²) >= 11 is 1.32. The van der Waals surface area contributed by atoms with E-state index in [1.165, 1.54) is 22.5 Å². The van der Waals surface area contributed by atoms with Crippen LogP contribution in [0.25, 0.3) is 5.69 Å². The molecule has 0 radical (unpaired) electrons. The summed E-state index contributed by atoms with van der Waals surface area (Å²) in [4.78, 5) is 25.0. The van der Waals surface area contributed by atoms with Gasteiger partial charge in [-0.2, -0.15) is 9.78 Å². The number of anilines is 1. The lowest BCUT2D eigenvalue weighted by Gasteiger charge is -2.15. The maximum absolute atomic E-state index is 12.7. The fraction of sp³-hybridized carbons (Fsp3) is 0.261. The smallest absolute Gasteiger partial charge is 0.271 e. The number of benzene rings is 2. The second-order valence-electron chi connectivity index (χ2n) is 7.19. The molecule has 1 aromatic heterocycles. The van der Waals surface area contributed by atoms with Gasteiger partial charge in [0.05, 0.1) is 10.9 Å². The summed E-state index contributed by atoms with van der Waals surface area (Å²) < 4.78 is 1.38. The Kier molecular flexibility index (Phi) is 6.23. The molecule has 0 aliphatic rings. The second-order valence-corrected chi connectivity index (χ2v) is 8.55. The monoisotopic (exact) mass is 407 g/mol. The highest BCUT2D eigenvalue weighted by molar-refractivity contribution is 8.00. The molecule has 0 fully saturated rings. The fourth-order valence-electron chi connectivity index (χ4n) is 2.86. The number of thioether (sulfide) groups is 1. The van der Waals surface area contributed by atoms with Gasteiger partial charge in [-0.15, -0.1) is 0 Å². The third kappa shape index (κ3) is 4.77. The number of nitrogens with zero attached hydrogens (tertiary/aromatic N) is 2. The SMILES string of the molecule is Cc1ccc(-n2nc(SC(C)C(=O)Nc3cccc(C)c3C)ccc2=O)cc1C. The molecule has 29 heavy (non-hydrogen) atoms. The lowest BCUT2D eigenvalue weighted by Crippen LogP contribution is -2.24. The van der Waals surface area contributed by atoms with Crippen molar-refractivity contribution in [2.75, 3.05) is 5.32 Å². The van der Waals surface area contributed by atoms with Gasteiger partial charge in [0.2, 0.25) is 5.91 Å². The van der Waals surface area contributed by atoms with E-state index in [9.17, 15) is 9.59 Å². The first-order valence-electron chi connectivity index (χ1n) is 9.48. The van der Waals surface area contributed by atoms with E-state index in [2.05, 4.69) is 10.4 Å². The van der Waals surface area contributed by atoms with Crippen LogP contribution < -0.4 is 10.9 Å². The number of carbonyl (C=O) groups is 1. The van der Waals surface area contributed by atoms with Crippen molar-refractivity contribution >= 4 is 23.4 Å². The van der Waals surface area contributed by atoms with E-state index in [1.807, 2.05) is 71.0 Å². The molecule has 0 spiro atoms. The third-order valence-electron chi connectivity index (χ3n) is 5.04. The van der Waals surface area contributed by atoms with Gasteiger partial charge >= 0.3 is 0 Å². The maximum Gasteiger partial charge on any atom is 0.271 e. The number of carbonyl (C=O) groups excluding carboxylic acids is 1. The fourth-order valence-corrected chi connectivity index (χ4v) is 3.66. The summed E-state index contributed by atoms with van der Waals surface area (Å²) in [6.07, 6.45) is 0. The molecule has 0 aliphatic heterocycles. The Morgan fingerprint density at radius 3 is 2.48 bits per heavy atom. The molecule has 3 rings (SSSR count). The van der Waals surface area contributed by atoms with Crippen LogP contribution in [0, 0.1) is 27.7 Å². The summed E-state index contributed by atoms with van der Waals surface area (Å²) in [7, 11) is 0. The average Bonchev–Trinajstić information content (AvgIpc) is 2.69. The molecule has 5 nitrogen and oxygen atoms in total. The molecule has 150 valence electrons. The Bertz CT molecular complexity index is 1120. The molecule has 1 atom stereocenters. The third-order valence-corrected chi connectivity index (χ3v) is 6.07. The van der Waals surface area contributed by atoms with E-state index in [4.69, 9.17) is 0 Å². The van der Waals surface area contributed by atoms with Crippen LogP contribution in [-0.4, -0.2) is 20.9 Å². The minimum absolute atomic E-state index is 0.102. The predicted molar refractivity (Wildman–Crippen MR) is 119 cm³/mol. The van der Waals surface area contributed by atoms with Gasteiger partial charge < -0.3 is 5.32 Å². The Hall–Kier alpha value is -2.86. The number of hydrogen-bond acceptors (Lipinski definition) is 4. The van der Waals surface area contributed by atoms with Gasteiger partial charge in [-0.25, -0.2) is 0 Å². The lowest BCUT2D eigenvalue weighted by molar-refractivity contribution is -0.115. The van der Waals surface area contributed by atoms with Gasteiger partial charge in [0.15, 0.2) is 0 Å². The van der Waals surface area contributed by atoms with Crippen LogP contribution >= 0.6 is 11.8 Å². The molecule has 2 aromatic carbocycles. The van der Waals surface area contributed by atoms with Gasteiger partial charge in [0.1, 0.15) is 5.03 Å². The summed E-state index contributed by atoms with van der Waals surface area (Å²) in [5.41, 5.74) is 5.76. The first-order valence-corrected chi connectivity index (χ1v) is 10.4. The topological polar surface area (TPSA) is 64.0 Å². The summed E-state index contributed by atoms with van der Waals surface area (Å²) in [6, 6.07) is 14.8. The molecule has 1 amide bonds. The van der Waals surface area contributed by atoms with Crippen molar-refractivity contribution in [2.24, 2.45) is 0 Å². The quantitative estimate of drug-likeness (QED) is 0.629. The van der Waals surface area contributed by atoms with Crippen LogP contribution in [0.15, 0.2) is 58.4 Å². The highest BCUT2D eigenvalue weighted by Gasteiger charge is 2.17. The minimum Gasteiger partial charge on any atom is -0.325 e. The largest absolute Gasteiger partial charge is 0.325 e. The molecule has 1 heterocycles. The van der Waals surface area contributed by atoms with E-state index in [1.54, 1.807) is 6.07 Å². The zero-order valence-electron chi connectivity index (χ0n) is 17.3. The number of nitrogens with one attached hydrogen (secondary N) is 1. The molecule has 0 aliphatic carbocycles. The van der Waals surface area contributed by atoms with E-state index in [-0.39, 0.29) is 16.7 Å². The van der Waals surface area contributed by atoms with Crippen molar-refractivity contribution in [1.29, 1.82) is 0 Å². The van der Waals surface area contributed by atoms with Crippen LogP contribution in [0.2, 0.25) is 0 Å². The molecular weight excluding hydrogens is 382 g/mol. The lowest BCUT2D eigenvalue weighted by atomic mass is 10.1. The molecule has 0 saturated carbocycles. The highest BCUT2D eigenvalue weighted by atomic mass is 32.2. The van der Waals surface area contributed by atoms with Crippen LogP contribution in [0.4, 0.5) is 5.69 Å². The Balaban J connectivity index is 1.79. The van der Waals surface area contributed by atoms with Crippen LogP contribution in [0.1, 0.15) is 29.2 Å². The predicted octanol–water partition coefficient (Wildman–Crippen LogP) is 4.59. The minimum atomic E-state index is -0.367. The number of rotatable bonds is 5. The Labute approximate surface area is 175 Å². The van der Waals surface area contributed by atoms with Gasteiger partial charge in [0, 0.05) is 11.8 Å². The molecule has 0 saturated heterocycles. The van der Waals surface area contributed by atoms with Crippen molar-refractivity contribution in [3.63, 3.8) is 0 Å². The molecule has 1 unspecified atom stereocenters. The van der Waals surface area contributed by atoms with E-state index in [0.29, 0.717) is 10.7 Å². The van der Waals surface area contributed by atoms with Gasteiger partial charge in [-0.1, -0.05) is 30.0 Å². The van der Waals surface area contributed by atoms with Crippen molar-refractivity contribution in [1.82, 2.24) is 9.78 Å². The molecular formula is C23H25N3O2S. The van der Waals surface area contributed by atoms with Gasteiger partial charge in [-0.05, 0) is 81.1 Å². The zero-order chi connectivity index (χ0) is 21.1. The van der Waals surface area contributed by atoms with Crippen molar-refractivity contribution < 1.29 is 4.79 Å². The van der Waals surface area contributed by atoms with E-state index < -0.39 is 0 Å². The van der Waals surface area contributed by atoms with Gasteiger partial charge in [0.25, 0.3) is 5.56 Å². The molecule has 3 aromatic rings. The van der Waals surface area contributed by atoms with Crippen LogP contribution in [0.5, 0.6) is 0 Å². The summed E-state index contributed by atoms with van der Waals surface area (Å²) in [6.45, 7) is 9.87. The zero-order valence-corrected chi connectivity index (χ0v) is 18.1. The Morgan fingerprint density at radius 2 is 1.76 bits per heavy atom. The van der Waals surface area contributed by atoms with Crippen molar-refractivity contribution in [3.8, 4) is 5.69 Å². The highest BCUT2D eigenvalue weighted by Crippen LogP contribution is 2.24. The molecule has 0 bridgehead atoms. The second kappa shape index (κ2) is 8.66. The first kappa shape index (κ1) is 20.9. The maximum atomic E-state index is 12.7. The van der Waals surface area contributed by atoms with E-state index in [0.717, 1.165) is 27.9 Å². The van der Waals surface area contributed by atoms with Crippen molar-refractivity contribution in [3.05, 3.63) is 81.1 Å². The average molecular weight is 408 g/mol. The van der Waals surface area contributed by atoms with Gasteiger partial charge in [-0.3, -0.25) is 9.59 Å². The molecule has 1 N–H and O–H groups in total. The van der Waals surface area contributed by atoms with Crippen molar-refractivity contribution in [2.45, 2.75) is 44.9 Å². The standard InChI is InChI=1S/C23H25N3O2S/c1-14-9-10-19(13-16(14)3)26-22(27)12-11-21(25-26)29-18(5)23(28)24-20-8-6-7-15(2)17(20)4/h6-13,18H,1-5H3,(H,24,28). The van der Waals surface area contributed by atoms with E-state index >= 15 is 0 Å². The summed E-state index contributed by atoms with van der Waals surface area (Å²) in [5.74, 6) is -0.102. The normalized spacial score (nSPS) is 11.9. The van der Waals surface area contributed by atoms with Crippen LogP contribution in [-0.2, 0) is 4.79 Å². The molecule has 6 heteroatoms. The number of aryl methyl sites for hydroxylation is 3. The van der Waals surface area contributed by atoms with Crippen LogP contribution in [0.3, 0.4) is 0 Å². The number of hydrogen-bond donors (Lipinski definition) is 1. The summed E-state index contributed by atoms with van der Waals surface area (Å²) in [5, 5.41) is 7.70.